The zero-order valence-electron chi connectivity index (χ0n) is 19.7. The molecular formula is C25H34N6O2. The van der Waals surface area contributed by atoms with E-state index in [4.69, 9.17) is 4.74 Å². The van der Waals surface area contributed by atoms with Crippen molar-refractivity contribution in [1.29, 1.82) is 0 Å². The van der Waals surface area contributed by atoms with Crippen molar-refractivity contribution in [3.05, 3.63) is 51.6 Å². The lowest BCUT2D eigenvalue weighted by Crippen LogP contribution is -2.38. The second-order valence-electron chi connectivity index (χ2n) is 9.62. The monoisotopic (exact) mass is 450 g/mol. The van der Waals surface area contributed by atoms with Crippen molar-refractivity contribution in [3.8, 4) is 0 Å². The lowest BCUT2D eigenvalue weighted by Gasteiger charge is -2.32. The van der Waals surface area contributed by atoms with E-state index in [9.17, 15) is 4.79 Å². The number of aromatic nitrogens is 5. The molecule has 0 unspecified atom stereocenters. The molecule has 2 fully saturated rings. The van der Waals surface area contributed by atoms with Crippen LogP contribution >= 0.6 is 0 Å². The van der Waals surface area contributed by atoms with Crippen molar-refractivity contribution < 1.29 is 4.74 Å². The van der Waals surface area contributed by atoms with Crippen LogP contribution in [0.25, 0.3) is 10.9 Å². The van der Waals surface area contributed by atoms with Crippen LogP contribution in [0.1, 0.15) is 80.9 Å². The molecule has 0 amide bonds. The predicted octanol–water partition coefficient (Wildman–Crippen LogP) is 4.07. The number of H-pyrrole nitrogens is 1. The predicted molar refractivity (Wildman–Crippen MR) is 127 cm³/mol. The van der Waals surface area contributed by atoms with Gasteiger partial charge in [0.2, 0.25) is 0 Å². The number of hydrogen-bond donors (Lipinski definition) is 1. The maximum Gasteiger partial charge on any atom is 0.252 e. The third-order valence-corrected chi connectivity index (χ3v) is 7.23. The summed E-state index contributed by atoms with van der Waals surface area (Å²) < 4.78 is 8.04. The maximum absolute atomic E-state index is 13.0. The summed E-state index contributed by atoms with van der Waals surface area (Å²) in [6, 6.07) is 8.61. The summed E-state index contributed by atoms with van der Waals surface area (Å²) in [7, 11) is 0. The molecule has 2 atom stereocenters. The molecule has 1 aliphatic heterocycles. The minimum absolute atomic E-state index is 0.0258. The Bertz CT molecular complexity index is 1140. The molecule has 1 N–H and O–H groups in total. The Morgan fingerprint density at radius 1 is 1.21 bits per heavy atom. The molecule has 2 aromatic heterocycles. The van der Waals surface area contributed by atoms with E-state index in [1.54, 1.807) is 0 Å². The van der Waals surface area contributed by atoms with Crippen LogP contribution in [0.5, 0.6) is 0 Å². The summed E-state index contributed by atoms with van der Waals surface area (Å²) in [6.07, 6.45) is 7.90. The number of pyridine rings is 1. The van der Waals surface area contributed by atoms with Crippen LogP contribution in [0.2, 0.25) is 0 Å². The number of hydrogen-bond acceptors (Lipinski definition) is 6. The average Bonchev–Trinajstić information content (AvgIpc) is 3.57. The minimum atomic E-state index is -0.0318. The fraction of sp³-hybridized carbons (Fsp3) is 0.600. The van der Waals surface area contributed by atoms with E-state index >= 15 is 0 Å². The van der Waals surface area contributed by atoms with E-state index in [0.29, 0.717) is 12.6 Å². The maximum atomic E-state index is 13.0. The normalized spacial score (nSPS) is 20.3. The fourth-order valence-electron chi connectivity index (χ4n) is 5.48. The number of fused-ring (bicyclic) bond motifs is 1. The molecule has 3 aromatic rings. The highest BCUT2D eigenvalue weighted by atomic mass is 16.5. The lowest BCUT2D eigenvalue weighted by atomic mass is 10.1. The van der Waals surface area contributed by atoms with Crippen LogP contribution < -0.4 is 5.56 Å². The average molecular weight is 451 g/mol. The molecular weight excluding hydrogens is 416 g/mol. The number of ether oxygens (including phenoxy) is 1. The molecule has 1 saturated heterocycles. The molecule has 8 heteroatoms. The molecule has 1 saturated carbocycles. The van der Waals surface area contributed by atoms with Crippen LogP contribution in [-0.4, -0.2) is 49.3 Å². The molecule has 0 radical (unpaired) electrons. The Morgan fingerprint density at radius 3 is 2.82 bits per heavy atom. The van der Waals surface area contributed by atoms with Gasteiger partial charge in [-0.3, -0.25) is 9.69 Å². The van der Waals surface area contributed by atoms with Crippen molar-refractivity contribution in [3.63, 3.8) is 0 Å². The van der Waals surface area contributed by atoms with Gasteiger partial charge in [0.05, 0.1) is 18.2 Å². The van der Waals surface area contributed by atoms with E-state index in [1.807, 2.05) is 19.1 Å². The van der Waals surface area contributed by atoms with E-state index in [0.717, 1.165) is 73.1 Å². The van der Waals surface area contributed by atoms with Crippen molar-refractivity contribution >= 4 is 10.9 Å². The van der Waals surface area contributed by atoms with Gasteiger partial charge in [0, 0.05) is 30.8 Å². The summed E-state index contributed by atoms with van der Waals surface area (Å²) >= 11 is 0. The van der Waals surface area contributed by atoms with E-state index in [2.05, 4.69) is 49.1 Å². The number of nitrogens with zero attached hydrogens (tertiary/aromatic N) is 5. The van der Waals surface area contributed by atoms with Gasteiger partial charge in [-0.1, -0.05) is 31.9 Å². The summed E-state index contributed by atoms with van der Waals surface area (Å²) in [6.45, 7) is 6.32. The molecule has 1 aliphatic carbocycles. The topological polar surface area (TPSA) is 88.9 Å². The molecule has 3 heterocycles. The van der Waals surface area contributed by atoms with Gasteiger partial charge in [-0.2, -0.15) is 0 Å². The van der Waals surface area contributed by atoms with Crippen molar-refractivity contribution in [2.24, 2.45) is 0 Å². The standard InChI is InChI=1S/C25H34N6O2/c1-3-23(24-27-28-29-31(24)20-7-4-5-8-20)30(16-21-9-6-12-33-21)15-19-14-18-11-10-17(2)13-22(18)26-25(19)32/h10-11,13-14,20-21,23H,3-9,12,15-16H2,1-2H3,(H,26,32)/t21-,23+/m0/s1. The molecule has 1 aromatic carbocycles. The third kappa shape index (κ3) is 4.73. The first-order valence-electron chi connectivity index (χ1n) is 12.4. The van der Waals surface area contributed by atoms with E-state index in [-0.39, 0.29) is 17.7 Å². The van der Waals surface area contributed by atoms with Crippen molar-refractivity contribution in [1.82, 2.24) is 30.1 Å². The SMILES string of the molecule is CC[C@H](c1nnnn1C1CCCC1)N(Cc1cc2ccc(C)cc2[nH]c1=O)C[C@@H]1CCCO1. The minimum Gasteiger partial charge on any atom is -0.377 e. The first kappa shape index (κ1) is 22.2. The molecule has 2 aliphatic rings. The van der Waals surface area contributed by atoms with Gasteiger partial charge in [-0.05, 0) is 72.5 Å². The lowest BCUT2D eigenvalue weighted by molar-refractivity contribution is 0.0484. The highest BCUT2D eigenvalue weighted by Crippen LogP contribution is 2.33. The highest BCUT2D eigenvalue weighted by molar-refractivity contribution is 5.79. The Morgan fingerprint density at radius 2 is 2.06 bits per heavy atom. The van der Waals surface area contributed by atoms with Crippen LogP contribution in [-0.2, 0) is 11.3 Å². The molecule has 5 rings (SSSR count). The van der Waals surface area contributed by atoms with Crippen LogP contribution in [0.3, 0.4) is 0 Å². The number of aromatic amines is 1. The second-order valence-corrected chi connectivity index (χ2v) is 9.62. The van der Waals surface area contributed by atoms with Gasteiger partial charge in [0.15, 0.2) is 5.82 Å². The summed E-state index contributed by atoms with van der Waals surface area (Å²) in [5, 5.41) is 14.0. The summed E-state index contributed by atoms with van der Waals surface area (Å²) in [5.74, 6) is 0.912. The smallest absolute Gasteiger partial charge is 0.252 e. The number of aryl methyl sites for hydroxylation is 1. The second kappa shape index (κ2) is 9.73. The Balaban J connectivity index is 1.48. The third-order valence-electron chi connectivity index (χ3n) is 7.23. The molecule has 0 bridgehead atoms. The first-order valence-corrected chi connectivity index (χ1v) is 12.4. The van der Waals surface area contributed by atoms with E-state index < -0.39 is 0 Å². The van der Waals surface area contributed by atoms with E-state index in [1.165, 1.54) is 12.8 Å². The van der Waals surface area contributed by atoms with Gasteiger partial charge in [0.1, 0.15) is 0 Å². The zero-order valence-corrected chi connectivity index (χ0v) is 19.7. The van der Waals surface area contributed by atoms with Crippen LogP contribution in [0.15, 0.2) is 29.1 Å². The molecule has 176 valence electrons. The number of rotatable bonds is 8. The summed E-state index contributed by atoms with van der Waals surface area (Å²) in [5.41, 5.74) is 2.75. The molecule has 33 heavy (non-hydrogen) atoms. The van der Waals surface area contributed by atoms with Crippen molar-refractivity contribution in [2.45, 2.75) is 83.5 Å². The van der Waals surface area contributed by atoms with Crippen LogP contribution in [0, 0.1) is 6.92 Å². The number of tetrazole rings is 1. The molecule has 8 nitrogen and oxygen atoms in total. The number of benzene rings is 1. The van der Waals surface area contributed by atoms with Gasteiger partial charge in [-0.15, -0.1) is 5.10 Å². The zero-order chi connectivity index (χ0) is 22.8. The molecule has 0 spiro atoms. The highest BCUT2D eigenvalue weighted by Gasteiger charge is 2.31. The van der Waals surface area contributed by atoms with Gasteiger partial charge < -0.3 is 9.72 Å². The van der Waals surface area contributed by atoms with Crippen LogP contribution in [0.4, 0.5) is 0 Å². The van der Waals surface area contributed by atoms with Gasteiger partial charge in [-0.25, -0.2) is 4.68 Å². The van der Waals surface area contributed by atoms with Crippen molar-refractivity contribution in [2.75, 3.05) is 13.2 Å². The van der Waals surface area contributed by atoms with Gasteiger partial charge >= 0.3 is 0 Å². The largest absolute Gasteiger partial charge is 0.377 e. The Hall–Kier alpha value is -2.58. The Kier molecular flexibility index (Phi) is 6.55. The quantitative estimate of drug-likeness (QED) is 0.556. The first-order chi connectivity index (χ1) is 16.1. The number of nitrogens with one attached hydrogen (secondary N) is 1. The Labute approximate surface area is 194 Å². The fourth-order valence-corrected chi connectivity index (χ4v) is 5.48. The summed E-state index contributed by atoms with van der Waals surface area (Å²) in [4.78, 5) is 18.5. The van der Waals surface area contributed by atoms with Gasteiger partial charge in [0.25, 0.3) is 5.56 Å².